The van der Waals surface area contributed by atoms with E-state index in [9.17, 15) is 13.2 Å². The fraction of sp³-hybridized carbons (Fsp3) is 0.154. The molecule has 0 saturated heterocycles. The van der Waals surface area contributed by atoms with Crippen molar-refractivity contribution in [2.24, 2.45) is 0 Å². The number of pyridine rings is 2. The number of nitrogens with zero attached hydrogens (tertiary/aromatic N) is 6. The lowest BCUT2D eigenvalue weighted by atomic mass is 10.1. The van der Waals surface area contributed by atoms with Gasteiger partial charge in [0.1, 0.15) is 11.6 Å². The highest BCUT2D eigenvalue weighted by molar-refractivity contribution is 5.70. The van der Waals surface area contributed by atoms with Crippen LogP contribution < -0.4 is 9.64 Å². The average molecular weight is 490 g/mol. The van der Waals surface area contributed by atoms with E-state index >= 15 is 0 Å². The largest absolute Gasteiger partial charge is 0.493 e. The Bertz CT molecular complexity index is 1440. The van der Waals surface area contributed by atoms with Gasteiger partial charge >= 0.3 is 6.30 Å². The van der Waals surface area contributed by atoms with Crippen molar-refractivity contribution in [2.75, 3.05) is 11.5 Å². The van der Waals surface area contributed by atoms with Crippen molar-refractivity contribution < 1.29 is 17.9 Å². The van der Waals surface area contributed by atoms with E-state index in [1.165, 1.54) is 40.5 Å². The fourth-order valence-electron chi connectivity index (χ4n) is 3.84. The first-order chi connectivity index (χ1) is 17.5. The molecule has 10 heteroatoms. The van der Waals surface area contributed by atoms with Gasteiger partial charge in [-0.15, -0.1) is 18.3 Å². The van der Waals surface area contributed by atoms with E-state index in [1.807, 2.05) is 36.4 Å². The van der Waals surface area contributed by atoms with E-state index in [1.54, 1.807) is 24.7 Å². The lowest BCUT2D eigenvalue weighted by Gasteiger charge is -2.24. The summed E-state index contributed by atoms with van der Waals surface area (Å²) in [6.45, 7) is 0.469. The summed E-state index contributed by atoms with van der Waals surface area (Å²) in [5.41, 5.74) is 2.77. The molecular weight excluding hydrogens is 469 g/mol. The zero-order valence-electron chi connectivity index (χ0n) is 19.0. The summed E-state index contributed by atoms with van der Waals surface area (Å²) in [5.74, 6) is -0.0150. The molecule has 0 aliphatic carbocycles. The van der Waals surface area contributed by atoms with Gasteiger partial charge in [-0.05, 0) is 66.9 Å². The second-order valence-corrected chi connectivity index (χ2v) is 7.90. The van der Waals surface area contributed by atoms with Crippen LogP contribution in [0.4, 0.5) is 24.8 Å². The molecule has 1 aromatic carbocycles. The summed E-state index contributed by atoms with van der Waals surface area (Å²) < 4.78 is 49.4. The average Bonchev–Trinajstić information content (AvgIpc) is 3.31. The molecule has 182 valence electrons. The molecule has 0 unspecified atom stereocenters. The maximum absolute atomic E-state index is 14.0. The number of benzene rings is 1. The highest BCUT2D eigenvalue weighted by Crippen LogP contribution is 2.35. The number of ether oxygens (including phenoxy) is 1. The molecule has 0 aliphatic heterocycles. The lowest BCUT2D eigenvalue weighted by Crippen LogP contribution is -2.35. The lowest BCUT2D eigenvalue weighted by molar-refractivity contribution is -0.121. The zero-order valence-corrected chi connectivity index (χ0v) is 19.0. The van der Waals surface area contributed by atoms with Gasteiger partial charge in [0.2, 0.25) is 0 Å². The summed E-state index contributed by atoms with van der Waals surface area (Å²) >= 11 is 0. The SMILES string of the molecule is FC(F)(F)N(c1ccccn1)c1ccc2ncc(-c3ccccc3OCCCc3ccncc3)n2n1. The molecule has 0 bridgehead atoms. The molecule has 0 saturated carbocycles. The number of aryl methyl sites for hydroxylation is 1. The Morgan fingerprint density at radius 1 is 0.833 bits per heavy atom. The van der Waals surface area contributed by atoms with Crippen LogP contribution in [0.3, 0.4) is 0 Å². The van der Waals surface area contributed by atoms with Gasteiger partial charge in [-0.3, -0.25) is 4.98 Å². The van der Waals surface area contributed by atoms with Crippen molar-refractivity contribution in [2.45, 2.75) is 19.1 Å². The predicted octanol–water partition coefficient (Wildman–Crippen LogP) is 5.86. The molecule has 4 aromatic heterocycles. The van der Waals surface area contributed by atoms with Gasteiger partial charge in [0, 0.05) is 24.2 Å². The monoisotopic (exact) mass is 490 g/mol. The minimum atomic E-state index is -4.73. The first-order valence-corrected chi connectivity index (χ1v) is 11.2. The summed E-state index contributed by atoms with van der Waals surface area (Å²) in [4.78, 5) is 12.4. The molecule has 0 aliphatic rings. The van der Waals surface area contributed by atoms with E-state index in [-0.39, 0.29) is 16.5 Å². The van der Waals surface area contributed by atoms with E-state index in [4.69, 9.17) is 4.74 Å². The van der Waals surface area contributed by atoms with E-state index in [0.29, 0.717) is 29.3 Å². The second kappa shape index (κ2) is 10.0. The normalized spacial score (nSPS) is 11.5. The Labute approximate surface area is 204 Å². The Hall–Kier alpha value is -4.47. The maximum atomic E-state index is 14.0. The minimum Gasteiger partial charge on any atom is -0.493 e. The summed E-state index contributed by atoms with van der Waals surface area (Å²) in [7, 11) is 0. The molecule has 36 heavy (non-hydrogen) atoms. The number of rotatable bonds is 8. The van der Waals surface area contributed by atoms with Gasteiger partial charge in [-0.2, -0.15) is 0 Å². The molecule has 0 amide bonds. The number of para-hydroxylation sites is 1. The topological polar surface area (TPSA) is 68.4 Å². The van der Waals surface area contributed by atoms with Gasteiger partial charge in [0.05, 0.1) is 18.5 Å². The molecule has 0 fully saturated rings. The highest BCUT2D eigenvalue weighted by Gasteiger charge is 2.41. The molecule has 4 heterocycles. The molecule has 0 N–H and O–H groups in total. The number of anilines is 2. The number of alkyl halides is 3. The zero-order chi connectivity index (χ0) is 25.0. The molecule has 7 nitrogen and oxygen atoms in total. The molecule has 0 spiro atoms. The van der Waals surface area contributed by atoms with E-state index in [0.717, 1.165) is 12.8 Å². The van der Waals surface area contributed by atoms with Crippen molar-refractivity contribution in [3.05, 3.63) is 97.1 Å². The van der Waals surface area contributed by atoms with Crippen molar-refractivity contribution in [3.8, 4) is 17.0 Å². The Morgan fingerprint density at radius 2 is 1.64 bits per heavy atom. The number of aromatic nitrogens is 5. The Balaban J connectivity index is 1.44. The third-order valence-corrected chi connectivity index (χ3v) is 5.49. The van der Waals surface area contributed by atoms with Crippen LogP contribution in [-0.4, -0.2) is 37.5 Å². The predicted molar refractivity (Wildman–Crippen MR) is 129 cm³/mol. The quantitative estimate of drug-likeness (QED) is 0.201. The maximum Gasteiger partial charge on any atom is 0.491 e. The van der Waals surface area contributed by atoms with Gasteiger partial charge in [-0.25, -0.2) is 19.4 Å². The van der Waals surface area contributed by atoms with Crippen molar-refractivity contribution in [1.82, 2.24) is 24.6 Å². The smallest absolute Gasteiger partial charge is 0.491 e. The number of halogens is 3. The standard InChI is InChI=1S/C26H21F3N6O/c27-26(28,29)34(23-9-3-4-14-31-23)25-11-10-24-32-18-21(35(24)33-25)20-7-1-2-8-22(20)36-17-5-6-19-12-15-30-16-13-19/h1-4,7-16,18H,5-6,17H2. The molecule has 0 atom stereocenters. The first-order valence-electron chi connectivity index (χ1n) is 11.2. The molecule has 5 rings (SSSR count). The highest BCUT2D eigenvalue weighted by atomic mass is 19.4. The van der Waals surface area contributed by atoms with Gasteiger partial charge < -0.3 is 4.74 Å². The number of fused-ring (bicyclic) bond motifs is 1. The van der Waals surface area contributed by atoms with Crippen LogP contribution in [0.15, 0.2) is 91.5 Å². The fourth-order valence-corrected chi connectivity index (χ4v) is 3.84. The van der Waals surface area contributed by atoms with Crippen LogP contribution in [0, 0.1) is 0 Å². The summed E-state index contributed by atoms with van der Waals surface area (Å²) in [5, 5.41) is 4.29. The summed E-state index contributed by atoms with van der Waals surface area (Å²) in [6, 6.07) is 18.3. The van der Waals surface area contributed by atoms with Crippen molar-refractivity contribution >= 4 is 17.3 Å². The second-order valence-electron chi connectivity index (χ2n) is 7.90. The molecular formula is C26H21F3N6O. The molecule has 0 radical (unpaired) electrons. The Morgan fingerprint density at radius 3 is 2.42 bits per heavy atom. The van der Waals surface area contributed by atoms with Crippen LogP contribution in [0.5, 0.6) is 5.75 Å². The third kappa shape index (κ3) is 4.97. The first kappa shape index (κ1) is 23.3. The Kier molecular flexibility index (Phi) is 6.48. The van der Waals surface area contributed by atoms with E-state index < -0.39 is 6.30 Å². The van der Waals surface area contributed by atoms with Crippen LogP contribution in [0.2, 0.25) is 0 Å². The number of hydrogen-bond donors (Lipinski definition) is 0. The van der Waals surface area contributed by atoms with Crippen LogP contribution >= 0.6 is 0 Å². The van der Waals surface area contributed by atoms with Gasteiger partial charge in [-0.1, -0.05) is 18.2 Å². The van der Waals surface area contributed by atoms with Crippen molar-refractivity contribution in [3.63, 3.8) is 0 Å². The third-order valence-electron chi connectivity index (χ3n) is 5.49. The number of hydrogen-bond acceptors (Lipinski definition) is 6. The van der Waals surface area contributed by atoms with Gasteiger partial charge in [0.15, 0.2) is 11.5 Å². The van der Waals surface area contributed by atoms with Crippen LogP contribution in [0.25, 0.3) is 16.9 Å². The van der Waals surface area contributed by atoms with Crippen LogP contribution in [-0.2, 0) is 6.42 Å². The summed E-state index contributed by atoms with van der Waals surface area (Å²) in [6.07, 6.45) is 3.29. The van der Waals surface area contributed by atoms with Gasteiger partial charge in [0.25, 0.3) is 0 Å². The van der Waals surface area contributed by atoms with E-state index in [2.05, 4.69) is 20.1 Å². The van der Waals surface area contributed by atoms with Crippen molar-refractivity contribution in [1.29, 1.82) is 0 Å². The van der Waals surface area contributed by atoms with Crippen LogP contribution in [0.1, 0.15) is 12.0 Å². The minimum absolute atomic E-state index is 0.137. The molecule has 5 aromatic rings. The number of imidazole rings is 1.